The minimum atomic E-state index is -4.84. The molecule has 2 atom stereocenters. The number of rotatable bonds is 5. The second-order valence-corrected chi connectivity index (χ2v) is 10.6. The molecule has 36 heavy (non-hydrogen) atoms. The number of nitrogens with zero attached hydrogens (tertiary/aromatic N) is 2. The van der Waals surface area contributed by atoms with Crippen molar-refractivity contribution in [2.24, 2.45) is 11.1 Å². The SMILES string of the molecule is O=C(CS(=O)(=O)O)N1CC(F)(c2ccc(C3=NOC(c4cc(Cl)c(F)c(Cl)c4)C3C(F)(F)F)cc2)C1. The molecular weight excluding hydrogens is 558 g/mol. The molecule has 0 aromatic heterocycles. The lowest BCUT2D eigenvalue weighted by molar-refractivity contribution is -0.177. The topological polar surface area (TPSA) is 96.3 Å². The first-order chi connectivity index (χ1) is 16.6. The molecule has 2 heterocycles. The molecule has 0 bridgehead atoms. The highest BCUT2D eigenvalue weighted by molar-refractivity contribution is 7.86. The van der Waals surface area contributed by atoms with Gasteiger partial charge in [0.05, 0.1) is 23.1 Å². The molecule has 7 nitrogen and oxygen atoms in total. The van der Waals surface area contributed by atoms with Crippen molar-refractivity contribution < 1.29 is 44.6 Å². The Balaban J connectivity index is 1.54. The summed E-state index contributed by atoms with van der Waals surface area (Å²) in [5.41, 5.74) is -2.68. The summed E-state index contributed by atoms with van der Waals surface area (Å²) in [6.45, 7) is -0.992. The third-order valence-corrected chi connectivity index (χ3v) is 6.95. The minimum absolute atomic E-state index is 0.0230. The van der Waals surface area contributed by atoms with Gasteiger partial charge in [0.25, 0.3) is 10.1 Å². The molecule has 2 unspecified atom stereocenters. The molecule has 0 aliphatic carbocycles. The number of halogens is 7. The van der Waals surface area contributed by atoms with E-state index in [4.69, 9.17) is 32.6 Å². The van der Waals surface area contributed by atoms with Crippen LogP contribution in [0, 0.1) is 11.7 Å². The van der Waals surface area contributed by atoms with Gasteiger partial charge in [-0.1, -0.05) is 52.6 Å². The first kappa shape index (κ1) is 26.6. The number of likely N-dealkylation sites (tertiary alicyclic amines) is 1. The normalized spacial score (nSPS) is 21.6. The van der Waals surface area contributed by atoms with Crippen molar-refractivity contribution in [2.45, 2.75) is 17.9 Å². The molecule has 2 aliphatic heterocycles. The van der Waals surface area contributed by atoms with Crippen molar-refractivity contribution in [2.75, 3.05) is 18.8 Å². The van der Waals surface area contributed by atoms with Crippen LogP contribution in [-0.4, -0.2) is 54.5 Å². The van der Waals surface area contributed by atoms with Crippen LogP contribution >= 0.6 is 23.2 Å². The lowest BCUT2D eigenvalue weighted by atomic mass is 9.85. The predicted octanol–water partition coefficient (Wildman–Crippen LogP) is 4.68. The van der Waals surface area contributed by atoms with Crippen LogP contribution < -0.4 is 0 Å². The standard InChI is InChI=1S/C21H15Cl2F5N2O5S/c22-13-5-11(6-14(23)17(13)24)19-16(21(26,27)28)18(29-35-19)10-1-3-12(4-2-10)20(25)8-30(9-20)15(31)7-36(32,33)34/h1-6,16,19H,7-9H2,(H,32,33,34). The molecule has 4 rings (SSSR count). The highest BCUT2D eigenvalue weighted by Crippen LogP contribution is 2.46. The van der Waals surface area contributed by atoms with E-state index in [-0.39, 0.29) is 16.7 Å². The molecule has 0 saturated carbocycles. The number of carbonyl (C=O) groups is 1. The van der Waals surface area contributed by atoms with Gasteiger partial charge in [0, 0.05) is 5.56 Å². The van der Waals surface area contributed by atoms with Gasteiger partial charge in [-0.3, -0.25) is 9.35 Å². The molecular formula is C21H15Cl2F5N2O5S. The Hall–Kier alpha value is -2.48. The summed E-state index contributed by atoms with van der Waals surface area (Å²) in [7, 11) is -4.57. The predicted molar refractivity (Wildman–Crippen MR) is 119 cm³/mol. The average Bonchev–Trinajstić information content (AvgIpc) is 3.19. The Morgan fingerprint density at radius 1 is 1.17 bits per heavy atom. The van der Waals surface area contributed by atoms with E-state index in [1.54, 1.807) is 0 Å². The van der Waals surface area contributed by atoms with E-state index < -0.39 is 80.3 Å². The fraction of sp³-hybridized carbons (Fsp3) is 0.333. The monoisotopic (exact) mass is 572 g/mol. The van der Waals surface area contributed by atoms with Crippen molar-refractivity contribution >= 4 is 44.9 Å². The molecule has 2 aromatic carbocycles. The summed E-state index contributed by atoms with van der Waals surface area (Å²) in [6, 6.07) is 6.77. The fourth-order valence-corrected chi connectivity index (χ4v) is 5.03. The van der Waals surface area contributed by atoms with Crippen LogP contribution in [0.1, 0.15) is 22.8 Å². The third-order valence-electron chi connectivity index (χ3n) is 5.79. The second kappa shape index (κ2) is 9.12. The van der Waals surface area contributed by atoms with Gasteiger partial charge in [0.1, 0.15) is 11.6 Å². The summed E-state index contributed by atoms with van der Waals surface area (Å²) >= 11 is 11.4. The summed E-state index contributed by atoms with van der Waals surface area (Å²) in [5, 5.41) is 2.60. The smallest absolute Gasteiger partial charge is 0.386 e. The van der Waals surface area contributed by atoms with Crippen LogP contribution in [0.5, 0.6) is 0 Å². The number of carbonyl (C=O) groups excluding carboxylic acids is 1. The summed E-state index contributed by atoms with van der Waals surface area (Å²) < 4.78 is 101. The van der Waals surface area contributed by atoms with Crippen LogP contribution in [0.4, 0.5) is 22.0 Å². The third kappa shape index (κ3) is 5.15. The number of alkyl halides is 4. The summed E-state index contributed by atoms with van der Waals surface area (Å²) in [6.07, 6.45) is -6.54. The van der Waals surface area contributed by atoms with Crippen molar-refractivity contribution in [3.8, 4) is 0 Å². The van der Waals surface area contributed by atoms with Crippen LogP contribution in [0.2, 0.25) is 10.0 Å². The molecule has 2 aromatic rings. The van der Waals surface area contributed by atoms with Crippen molar-refractivity contribution in [1.82, 2.24) is 4.90 Å². The van der Waals surface area contributed by atoms with Gasteiger partial charge in [-0.15, -0.1) is 0 Å². The lowest BCUT2D eigenvalue weighted by Crippen LogP contribution is -2.59. The maximum Gasteiger partial charge on any atom is 0.401 e. The summed E-state index contributed by atoms with van der Waals surface area (Å²) in [4.78, 5) is 17.7. The van der Waals surface area contributed by atoms with E-state index in [2.05, 4.69) is 5.16 Å². The zero-order valence-corrected chi connectivity index (χ0v) is 20.1. The average molecular weight is 573 g/mol. The van der Waals surface area contributed by atoms with E-state index in [1.165, 1.54) is 24.3 Å². The molecule has 1 saturated heterocycles. The van der Waals surface area contributed by atoms with E-state index in [1.807, 2.05) is 0 Å². The van der Waals surface area contributed by atoms with Crippen LogP contribution in [0.3, 0.4) is 0 Å². The Labute approximate surface area is 211 Å². The van der Waals surface area contributed by atoms with Crippen molar-refractivity contribution in [3.05, 3.63) is 69.0 Å². The van der Waals surface area contributed by atoms with E-state index in [9.17, 15) is 30.8 Å². The Kier molecular flexibility index (Phi) is 6.73. The Bertz CT molecular complexity index is 1320. The first-order valence-electron chi connectivity index (χ1n) is 10.1. The molecule has 0 spiro atoms. The van der Waals surface area contributed by atoms with Gasteiger partial charge in [-0.25, -0.2) is 8.78 Å². The first-order valence-corrected chi connectivity index (χ1v) is 12.4. The quantitative estimate of drug-likeness (QED) is 0.319. The molecule has 1 amide bonds. The van der Waals surface area contributed by atoms with Gasteiger partial charge in [-0.05, 0) is 23.3 Å². The second-order valence-electron chi connectivity index (χ2n) is 8.34. The van der Waals surface area contributed by atoms with Gasteiger partial charge >= 0.3 is 6.18 Å². The molecule has 2 aliphatic rings. The van der Waals surface area contributed by atoms with Crippen molar-refractivity contribution in [3.63, 3.8) is 0 Å². The maximum absolute atomic E-state index is 15.2. The number of hydrogen-bond donors (Lipinski definition) is 1. The molecule has 15 heteroatoms. The zero-order valence-electron chi connectivity index (χ0n) is 17.8. The largest absolute Gasteiger partial charge is 0.401 e. The van der Waals surface area contributed by atoms with E-state index >= 15 is 4.39 Å². The van der Waals surface area contributed by atoms with Gasteiger partial charge in [0.15, 0.2) is 23.3 Å². The van der Waals surface area contributed by atoms with Crippen molar-refractivity contribution in [1.29, 1.82) is 0 Å². The minimum Gasteiger partial charge on any atom is -0.386 e. The number of benzene rings is 2. The lowest BCUT2D eigenvalue weighted by Gasteiger charge is -2.44. The fourth-order valence-electron chi connectivity index (χ4n) is 4.03. The van der Waals surface area contributed by atoms with Gasteiger partial charge < -0.3 is 9.74 Å². The van der Waals surface area contributed by atoms with Crippen LogP contribution in [0.15, 0.2) is 41.6 Å². The number of oxime groups is 1. The molecule has 194 valence electrons. The number of hydrogen-bond acceptors (Lipinski definition) is 5. The molecule has 1 N–H and O–H groups in total. The van der Waals surface area contributed by atoms with Gasteiger partial charge in [-0.2, -0.15) is 21.6 Å². The van der Waals surface area contributed by atoms with E-state index in [0.717, 1.165) is 17.0 Å². The Morgan fingerprint density at radius 2 is 1.72 bits per heavy atom. The molecule has 0 radical (unpaired) electrons. The zero-order chi connectivity index (χ0) is 26.6. The summed E-state index contributed by atoms with van der Waals surface area (Å²) in [5.74, 6) is -5.43. The highest BCUT2D eigenvalue weighted by Gasteiger charge is 2.54. The Morgan fingerprint density at radius 3 is 2.22 bits per heavy atom. The van der Waals surface area contributed by atoms with Gasteiger partial charge in [0.2, 0.25) is 5.91 Å². The van der Waals surface area contributed by atoms with Crippen LogP contribution in [0.25, 0.3) is 0 Å². The van der Waals surface area contributed by atoms with E-state index in [0.29, 0.717) is 0 Å². The number of amides is 1. The maximum atomic E-state index is 15.2. The highest BCUT2D eigenvalue weighted by atomic mass is 35.5. The van der Waals surface area contributed by atoms with Crippen LogP contribution in [-0.2, 0) is 25.4 Å². The molecule has 1 fully saturated rings.